The topological polar surface area (TPSA) is 56.2 Å². The normalized spacial score (nSPS) is 12.8. The molecule has 1 unspecified atom stereocenters. The second kappa shape index (κ2) is 5.06. The van der Waals surface area contributed by atoms with Crippen LogP contribution in [0.1, 0.15) is 24.1 Å². The fraction of sp³-hybridized carbons (Fsp3) is 0.250. The number of nitrogens with zero attached hydrogens (tertiary/aromatic N) is 3. The summed E-state index contributed by atoms with van der Waals surface area (Å²) in [5.41, 5.74) is 11.2. The van der Waals surface area contributed by atoms with Crippen LogP contribution < -0.4 is 5.73 Å². The summed E-state index contributed by atoms with van der Waals surface area (Å²) in [6.07, 6.45) is 5.69. The van der Waals surface area contributed by atoms with E-state index in [4.69, 9.17) is 10.7 Å². The van der Waals surface area contributed by atoms with Crippen molar-refractivity contribution in [2.75, 3.05) is 6.54 Å². The zero-order valence-corrected chi connectivity index (χ0v) is 11.7. The van der Waals surface area contributed by atoms with Crippen molar-refractivity contribution in [2.45, 2.75) is 19.8 Å². The molecule has 3 heterocycles. The van der Waals surface area contributed by atoms with Crippen LogP contribution in [0.5, 0.6) is 0 Å². The second-order valence-electron chi connectivity index (χ2n) is 5.16. The van der Waals surface area contributed by atoms with Gasteiger partial charge in [-0.15, -0.1) is 0 Å². The van der Waals surface area contributed by atoms with Crippen LogP contribution in [0.4, 0.5) is 0 Å². The third-order valence-electron chi connectivity index (χ3n) is 3.57. The maximum atomic E-state index is 5.87. The third-order valence-corrected chi connectivity index (χ3v) is 3.57. The van der Waals surface area contributed by atoms with Crippen LogP contribution in [0.2, 0.25) is 0 Å². The first-order valence-electron chi connectivity index (χ1n) is 6.79. The van der Waals surface area contributed by atoms with Crippen LogP contribution in [-0.4, -0.2) is 20.9 Å². The van der Waals surface area contributed by atoms with Crippen LogP contribution in [0.25, 0.3) is 16.9 Å². The van der Waals surface area contributed by atoms with Crippen molar-refractivity contribution in [3.05, 3.63) is 54.1 Å². The number of pyridine rings is 2. The zero-order chi connectivity index (χ0) is 14.1. The summed E-state index contributed by atoms with van der Waals surface area (Å²) in [6.45, 7) is 4.79. The van der Waals surface area contributed by atoms with Crippen molar-refractivity contribution in [2.24, 2.45) is 5.73 Å². The number of fused-ring (bicyclic) bond motifs is 1. The largest absolute Gasteiger partial charge is 0.330 e. The Hall–Kier alpha value is -2.20. The van der Waals surface area contributed by atoms with Gasteiger partial charge < -0.3 is 10.1 Å². The average Bonchev–Trinajstić information content (AvgIpc) is 2.85. The fourth-order valence-corrected chi connectivity index (χ4v) is 2.46. The molecule has 0 aliphatic heterocycles. The minimum atomic E-state index is 0.239. The van der Waals surface area contributed by atoms with Gasteiger partial charge in [-0.1, -0.05) is 6.92 Å². The molecule has 3 aromatic rings. The van der Waals surface area contributed by atoms with Gasteiger partial charge in [0, 0.05) is 36.6 Å². The Labute approximate surface area is 118 Å². The number of nitrogens with two attached hydrogens (primary N) is 1. The molecule has 0 spiro atoms. The van der Waals surface area contributed by atoms with Crippen molar-refractivity contribution >= 4 is 5.65 Å². The number of hydrogen-bond donors (Lipinski definition) is 1. The predicted molar refractivity (Wildman–Crippen MR) is 80.6 cm³/mol. The summed E-state index contributed by atoms with van der Waals surface area (Å²) < 4.78 is 2.13. The van der Waals surface area contributed by atoms with Gasteiger partial charge in [-0.2, -0.15) is 0 Å². The van der Waals surface area contributed by atoms with Crippen LogP contribution in [0, 0.1) is 6.92 Å². The van der Waals surface area contributed by atoms with Gasteiger partial charge in [0.15, 0.2) is 0 Å². The molecule has 0 fully saturated rings. The van der Waals surface area contributed by atoms with E-state index in [1.165, 1.54) is 5.56 Å². The average molecular weight is 266 g/mol. The van der Waals surface area contributed by atoms with Crippen molar-refractivity contribution in [1.29, 1.82) is 0 Å². The standard InChI is InChI=1S/C16H18N4/c1-11-5-7-20-14(8-11)19-15(16(20)12(2)9-17)13-4-3-6-18-10-13/h3-8,10,12H,9,17H2,1-2H3. The van der Waals surface area contributed by atoms with E-state index in [9.17, 15) is 0 Å². The minimum absolute atomic E-state index is 0.239. The Morgan fingerprint density at radius 1 is 1.35 bits per heavy atom. The molecule has 20 heavy (non-hydrogen) atoms. The number of rotatable bonds is 3. The first-order chi connectivity index (χ1) is 9.70. The molecule has 0 radical (unpaired) electrons. The molecule has 3 rings (SSSR count). The lowest BCUT2D eigenvalue weighted by Gasteiger charge is -2.11. The Balaban J connectivity index is 2.30. The molecule has 4 nitrogen and oxygen atoms in total. The number of aromatic nitrogens is 3. The molecule has 0 aliphatic rings. The van der Waals surface area contributed by atoms with Gasteiger partial charge in [-0.3, -0.25) is 4.98 Å². The highest BCUT2D eigenvalue weighted by Crippen LogP contribution is 2.29. The number of aryl methyl sites for hydroxylation is 1. The SMILES string of the molecule is Cc1ccn2c(C(C)CN)c(-c3cccnc3)nc2c1. The monoisotopic (exact) mass is 266 g/mol. The molecule has 0 amide bonds. The molecule has 0 aliphatic carbocycles. The van der Waals surface area contributed by atoms with Gasteiger partial charge in [0.25, 0.3) is 0 Å². The summed E-state index contributed by atoms with van der Waals surface area (Å²) in [6, 6.07) is 8.15. The Morgan fingerprint density at radius 3 is 2.90 bits per heavy atom. The fourth-order valence-electron chi connectivity index (χ4n) is 2.46. The molecular formula is C16H18N4. The summed E-state index contributed by atoms with van der Waals surface area (Å²) in [5, 5.41) is 0. The van der Waals surface area contributed by atoms with Gasteiger partial charge >= 0.3 is 0 Å². The maximum absolute atomic E-state index is 5.87. The van der Waals surface area contributed by atoms with Crippen LogP contribution >= 0.6 is 0 Å². The molecule has 1 atom stereocenters. The highest BCUT2D eigenvalue weighted by Gasteiger charge is 2.18. The molecule has 0 aromatic carbocycles. The highest BCUT2D eigenvalue weighted by molar-refractivity contribution is 5.66. The molecule has 0 saturated carbocycles. The molecule has 0 saturated heterocycles. The molecule has 0 bridgehead atoms. The number of hydrogen-bond acceptors (Lipinski definition) is 3. The van der Waals surface area contributed by atoms with E-state index >= 15 is 0 Å². The lowest BCUT2D eigenvalue weighted by atomic mass is 10.0. The van der Waals surface area contributed by atoms with Crippen molar-refractivity contribution in [3.63, 3.8) is 0 Å². The summed E-state index contributed by atoms with van der Waals surface area (Å²) in [4.78, 5) is 8.97. The summed E-state index contributed by atoms with van der Waals surface area (Å²) in [5.74, 6) is 0.239. The highest BCUT2D eigenvalue weighted by atomic mass is 15.0. The second-order valence-corrected chi connectivity index (χ2v) is 5.16. The van der Waals surface area contributed by atoms with E-state index in [-0.39, 0.29) is 5.92 Å². The Morgan fingerprint density at radius 2 is 2.20 bits per heavy atom. The minimum Gasteiger partial charge on any atom is -0.330 e. The van der Waals surface area contributed by atoms with Gasteiger partial charge in [0.1, 0.15) is 5.65 Å². The van der Waals surface area contributed by atoms with Crippen LogP contribution in [0.3, 0.4) is 0 Å². The lowest BCUT2D eigenvalue weighted by Crippen LogP contribution is -2.12. The van der Waals surface area contributed by atoms with E-state index in [1.807, 2.05) is 18.3 Å². The van der Waals surface area contributed by atoms with E-state index in [0.29, 0.717) is 6.54 Å². The zero-order valence-electron chi connectivity index (χ0n) is 11.7. The third kappa shape index (κ3) is 2.08. The summed E-state index contributed by atoms with van der Waals surface area (Å²) >= 11 is 0. The maximum Gasteiger partial charge on any atom is 0.137 e. The van der Waals surface area contributed by atoms with Crippen molar-refractivity contribution in [1.82, 2.24) is 14.4 Å². The Kier molecular flexibility index (Phi) is 3.24. The molecule has 2 N–H and O–H groups in total. The lowest BCUT2D eigenvalue weighted by molar-refractivity contribution is 0.738. The first-order valence-corrected chi connectivity index (χ1v) is 6.79. The smallest absolute Gasteiger partial charge is 0.137 e. The van der Waals surface area contributed by atoms with Crippen molar-refractivity contribution < 1.29 is 0 Å². The number of imidazole rings is 1. The van der Waals surface area contributed by atoms with Crippen LogP contribution in [-0.2, 0) is 0 Å². The Bertz CT molecular complexity index is 731. The van der Waals surface area contributed by atoms with E-state index in [2.05, 4.69) is 41.6 Å². The molecule has 3 aromatic heterocycles. The van der Waals surface area contributed by atoms with E-state index < -0.39 is 0 Å². The molecule has 102 valence electrons. The first kappa shape index (κ1) is 12.8. The van der Waals surface area contributed by atoms with E-state index in [1.54, 1.807) is 6.20 Å². The molecule has 4 heteroatoms. The summed E-state index contributed by atoms with van der Waals surface area (Å²) in [7, 11) is 0. The van der Waals surface area contributed by atoms with Gasteiger partial charge in [-0.05, 0) is 36.8 Å². The molecular weight excluding hydrogens is 248 g/mol. The van der Waals surface area contributed by atoms with Gasteiger partial charge in [0.2, 0.25) is 0 Å². The van der Waals surface area contributed by atoms with Gasteiger partial charge in [0.05, 0.1) is 11.4 Å². The van der Waals surface area contributed by atoms with Crippen molar-refractivity contribution in [3.8, 4) is 11.3 Å². The quantitative estimate of drug-likeness (QED) is 0.793. The van der Waals surface area contributed by atoms with E-state index in [0.717, 1.165) is 22.6 Å². The predicted octanol–water partition coefficient (Wildman–Crippen LogP) is 2.77. The van der Waals surface area contributed by atoms with Gasteiger partial charge in [-0.25, -0.2) is 4.98 Å². The van der Waals surface area contributed by atoms with Crippen LogP contribution in [0.15, 0.2) is 42.9 Å².